The predicted octanol–water partition coefficient (Wildman–Crippen LogP) is 5.67. The smallest absolute Gasteiger partial charge is 0.422 e. The monoisotopic (exact) mass is 467 g/mol. The standard InChI is InChI=1S/C23H18ClN3O4S/c1-3-12-30-23(29)27(22-21(24)15(2)26-32-22)20(28)13-16-4-8-18(9-5-16)31-19-10-6-17(14-25)7-11-19/h3-11H,1,12-13H2,2H3. The highest BCUT2D eigenvalue weighted by molar-refractivity contribution is 7.11. The zero-order valence-electron chi connectivity index (χ0n) is 17.1. The van der Waals surface area contributed by atoms with Gasteiger partial charge in [-0.2, -0.15) is 9.64 Å². The third-order valence-corrected chi connectivity index (χ3v) is 5.72. The van der Waals surface area contributed by atoms with Gasteiger partial charge in [-0.05, 0) is 60.4 Å². The van der Waals surface area contributed by atoms with E-state index in [4.69, 9.17) is 26.3 Å². The molecular formula is C23H18ClN3O4S. The van der Waals surface area contributed by atoms with E-state index < -0.39 is 12.0 Å². The van der Waals surface area contributed by atoms with Crippen molar-refractivity contribution in [2.24, 2.45) is 0 Å². The van der Waals surface area contributed by atoms with Crippen LogP contribution in [0.1, 0.15) is 16.8 Å². The van der Waals surface area contributed by atoms with Gasteiger partial charge >= 0.3 is 6.09 Å². The van der Waals surface area contributed by atoms with Gasteiger partial charge in [-0.25, -0.2) is 9.69 Å². The molecular weight excluding hydrogens is 450 g/mol. The van der Waals surface area contributed by atoms with E-state index in [1.807, 2.05) is 6.07 Å². The normalized spacial score (nSPS) is 10.2. The molecule has 9 heteroatoms. The van der Waals surface area contributed by atoms with Gasteiger partial charge in [0.1, 0.15) is 23.1 Å². The average Bonchev–Trinajstić information content (AvgIpc) is 3.12. The molecule has 1 aromatic heterocycles. The van der Waals surface area contributed by atoms with Crippen molar-refractivity contribution in [3.63, 3.8) is 0 Å². The second-order valence-corrected chi connectivity index (χ2v) is 7.67. The van der Waals surface area contributed by atoms with E-state index in [-0.39, 0.29) is 23.1 Å². The number of hydrogen-bond donors (Lipinski definition) is 0. The van der Waals surface area contributed by atoms with Gasteiger partial charge in [-0.1, -0.05) is 36.4 Å². The molecule has 0 saturated carbocycles. The maximum absolute atomic E-state index is 13.0. The van der Waals surface area contributed by atoms with E-state index in [1.165, 1.54) is 6.08 Å². The molecule has 0 fully saturated rings. The van der Waals surface area contributed by atoms with Gasteiger partial charge in [0.15, 0.2) is 0 Å². The molecule has 0 aliphatic rings. The summed E-state index contributed by atoms with van der Waals surface area (Å²) in [7, 11) is 0. The molecule has 0 spiro atoms. The third-order valence-electron chi connectivity index (χ3n) is 4.23. The minimum absolute atomic E-state index is 0.0423. The molecule has 0 unspecified atom stereocenters. The van der Waals surface area contributed by atoms with Crippen LogP contribution in [0.5, 0.6) is 11.5 Å². The fourth-order valence-corrected chi connectivity index (χ4v) is 3.72. The van der Waals surface area contributed by atoms with E-state index in [1.54, 1.807) is 55.5 Å². The second-order valence-electron chi connectivity index (χ2n) is 6.54. The lowest BCUT2D eigenvalue weighted by Gasteiger charge is -2.18. The van der Waals surface area contributed by atoms with Crippen LogP contribution >= 0.6 is 23.1 Å². The lowest BCUT2D eigenvalue weighted by molar-refractivity contribution is -0.117. The number of hydrogen-bond acceptors (Lipinski definition) is 7. The first kappa shape index (κ1) is 23.0. The van der Waals surface area contributed by atoms with Crippen LogP contribution in [0.3, 0.4) is 0 Å². The Morgan fingerprint density at radius 1 is 1.19 bits per heavy atom. The lowest BCUT2D eigenvalue weighted by Crippen LogP contribution is -2.38. The Morgan fingerprint density at radius 3 is 2.34 bits per heavy atom. The Labute approximate surface area is 194 Å². The molecule has 3 rings (SSSR count). The molecule has 0 N–H and O–H groups in total. The molecule has 7 nitrogen and oxygen atoms in total. The number of aryl methyl sites for hydroxylation is 1. The number of anilines is 1. The highest BCUT2D eigenvalue weighted by Gasteiger charge is 2.29. The molecule has 0 atom stereocenters. The molecule has 0 bridgehead atoms. The van der Waals surface area contributed by atoms with Crippen LogP contribution in [0.4, 0.5) is 9.80 Å². The number of aromatic nitrogens is 1. The molecule has 0 aliphatic heterocycles. The number of carbonyl (C=O) groups excluding carboxylic acids is 2. The minimum atomic E-state index is -0.846. The SMILES string of the molecule is C=CCOC(=O)N(C(=O)Cc1ccc(Oc2ccc(C#N)cc2)cc1)c1snc(C)c1Cl. The summed E-state index contributed by atoms with van der Waals surface area (Å²) >= 11 is 7.18. The van der Waals surface area contributed by atoms with E-state index in [9.17, 15) is 9.59 Å². The van der Waals surface area contributed by atoms with E-state index in [0.717, 1.165) is 16.4 Å². The number of benzene rings is 2. The minimum Gasteiger partial charge on any atom is -0.457 e. The number of imide groups is 1. The molecule has 162 valence electrons. The van der Waals surface area contributed by atoms with Crippen LogP contribution in [-0.4, -0.2) is 23.0 Å². The molecule has 2 aromatic carbocycles. The van der Waals surface area contributed by atoms with E-state index >= 15 is 0 Å². The van der Waals surface area contributed by atoms with Crippen LogP contribution in [0, 0.1) is 18.3 Å². The number of ether oxygens (including phenoxy) is 2. The predicted molar refractivity (Wildman–Crippen MR) is 122 cm³/mol. The van der Waals surface area contributed by atoms with Gasteiger partial charge < -0.3 is 9.47 Å². The van der Waals surface area contributed by atoms with Crippen molar-refractivity contribution in [1.82, 2.24) is 4.37 Å². The quantitative estimate of drug-likeness (QED) is 0.416. The largest absolute Gasteiger partial charge is 0.457 e. The topological polar surface area (TPSA) is 92.5 Å². The first-order valence-electron chi connectivity index (χ1n) is 9.42. The van der Waals surface area contributed by atoms with E-state index in [2.05, 4.69) is 11.0 Å². The third kappa shape index (κ3) is 5.52. The highest BCUT2D eigenvalue weighted by Crippen LogP contribution is 2.34. The first-order chi connectivity index (χ1) is 15.4. The van der Waals surface area contributed by atoms with Crippen LogP contribution in [0.15, 0.2) is 61.2 Å². The van der Waals surface area contributed by atoms with Gasteiger partial charge in [0.05, 0.1) is 28.8 Å². The molecule has 0 radical (unpaired) electrons. The maximum Gasteiger partial charge on any atom is 0.422 e. The summed E-state index contributed by atoms with van der Waals surface area (Å²) in [5, 5.41) is 9.30. The number of nitriles is 1. The zero-order chi connectivity index (χ0) is 23.1. The summed E-state index contributed by atoms with van der Waals surface area (Å²) in [5.74, 6) is 0.638. The summed E-state index contributed by atoms with van der Waals surface area (Å²) < 4.78 is 14.9. The summed E-state index contributed by atoms with van der Waals surface area (Å²) in [5.41, 5.74) is 1.73. The van der Waals surface area contributed by atoms with Crippen molar-refractivity contribution in [2.45, 2.75) is 13.3 Å². The van der Waals surface area contributed by atoms with E-state index in [0.29, 0.717) is 28.3 Å². The summed E-state index contributed by atoms with van der Waals surface area (Å²) in [6, 6.07) is 15.6. The van der Waals surface area contributed by atoms with Crippen LogP contribution in [0.2, 0.25) is 5.02 Å². The number of halogens is 1. The Hall–Kier alpha value is -3.67. The Kier molecular flexibility index (Phi) is 7.60. The summed E-state index contributed by atoms with van der Waals surface area (Å²) in [6.45, 7) is 5.15. The van der Waals surface area contributed by atoms with Crippen molar-refractivity contribution < 1.29 is 19.1 Å². The van der Waals surface area contributed by atoms with Crippen molar-refractivity contribution >= 4 is 40.1 Å². The first-order valence-corrected chi connectivity index (χ1v) is 10.6. The van der Waals surface area contributed by atoms with Gasteiger partial charge in [0, 0.05) is 0 Å². The van der Waals surface area contributed by atoms with Crippen LogP contribution in [0.25, 0.3) is 0 Å². The lowest BCUT2D eigenvalue weighted by atomic mass is 10.1. The van der Waals surface area contributed by atoms with Gasteiger partial charge in [-0.15, -0.1) is 0 Å². The summed E-state index contributed by atoms with van der Waals surface area (Å²) in [4.78, 5) is 26.4. The zero-order valence-corrected chi connectivity index (χ0v) is 18.7. The van der Waals surface area contributed by atoms with Crippen molar-refractivity contribution in [1.29, 1.82) is 5.26 Å². The van der Waals surface area contributed by atoms with Crippen molar-refractivity contribution in [3.05, 3.63) is 83.0 Å². The molecule has 0 saturated heterocycles. The Balaban J connectivity index is 1.73. The van der Waals surface area contributed by atoms with Crippen molar-refractivity contribution in [3.8, 4) is 17.6 Å². The molecule has 32 heavy (non-hydrogen) atoms. The number of rotatable bonds is 7. The van der Waals surface area contributed by atoms with Gasteiger partial charge in [-0.3, -0.25) is 4.79 Å². The molecule has 0 aliphatic carbocycles. The summed E-state index contributed by atoms with van der Waals surface area (Å²) in [6.07, 6.45) is 0.501. The Morgan fingerprint density at radius 2 is 1.81 bits per heavy atom. The molecule has 1 heterocycles. The maximum atomic E-state index is 13.0. The van der Waals surface area contributed by atoms with Crippen LogP contribution < -0.4 is 9.64 Å². The molecule has 2 amide bonds. The van der Waals surface area contributed by atoms with Crippen LogP contribution in [-0.2, 0) is 16.0 Å². The second kappa shape index (κ2) is 10.6. The van der Waals surface area contributed by atoms with Gasteiger partial charge in [0.2, 0.25) is 5.91 Å². The number of amides is 2. The number of carbonyl (C=O) groups is 2. The average molecular weight is 468 g/mol. The Bertz CT molecular complexity index is 1170. The van der Waals surface area contributed by atoms with Crippen molar-refractivity contribution in [2.75, 3.05) is 11.5 Å². The highest BCUT2D eigenvalue weighted by atomic mass is 35.5. The number of nitrogens with zero attached hydrogens (tertiary/aromatic N) is 3. The molecule has 3 aromatic rings. The fraction of sp³-hybridized carbons (Fsp3) is 0.130. The van der Waals surface area contributed by atoms with Gasteiger partial charge in [0.25, 0.3) is 0 Å². The fourth-order valence-electron chi connectivity index (χ4n) is 2.64.